The fourth-order valence-corrected chi connectivity index (χ4v) is 2.02. The van der Waals surface area contributed by atoms with Crippen LogP contribution in [0.2, 0.25) is 0 Å². The van der Waals surface area contributed by atoms with Crippen molar-refractivity contribution in [1.82, 2.24) is 0 Å². The SMILES string of the molecule is C#CC12CCCCC1(C)O2. The first-order valence-corrected chi connectivity index (χ1v) is 3.90. The second kappa shape index (κ2) is 1.57. The molecule has 0 aromatic rings. The first-order chi connectivity index (χ1) is 4.72. The average Bonchev–Trinajstić information content (AvgIpc) is 2.56. The Labute approximate surface area is 61.8 Å². The maximum Gasteiger partial charge on any atom is 0.157 e. The standard InChI is InChI=1S/C9H12O/c1-3-9-7-5-4-6-8(9,2)10-9/h1H,4-7H2,2H3. The van der Waals surface area contributed by atoms with Crippen LogP contribution in [0.1, 0.15) is 32.6 Å². The van der Waals surface area contributed by atoms with E-state index in [1.165, 1.54) is 12.8 Å². The first kappa shape index (κ1) is 6.24. The minimum absolute atomic E-state index is 0.0556. The Morgan fingerprint density at radius 2 is 2.10 bits per heavy atom. The number of rotatable bonds is 0. The minimum atomic E-state index is -0.148. The quantitative estimate of drug-likeness (QED) is 0.365. The summed E-state index contributed by atoms with van der Waals surface area (Å²) in [6.07, 6.45) is 10.1. The Balaban J connectivity index is 2.22. The summed E-state index contributed by atoms with van der Waals surface area (Å²) in [4.78, 5) is 0. The number of terminal acetylenes is 1. The van der Waals surface area contributed by atoms with Crippen molar-refractivity contribution >= 4 is 0 Å². The zero-order valence-corrected chi connectivity index (χ0v) is 6.31. The van der Waals surface area contributed by atoms with Gasteiger partial charge in [-0.2, -0.15) is 0 Å². The van der Waals surface area contributed by atoms with E-state index >= 15 is 0 Å². The summed E-state index contributed by atoms with van der Waals surface area (Å²) in [6.45, 7) is 2.13. The molecule has 0 aromatic carbocycles. The van der Waals surface area contributed by atoms with Gasteiger partial charge in [0.1, 0.15) is 5.60 Å². The van der Waals surface area contributed by atoms with Crippen molar-refractivity contribution in [2.24, 2.45) is 0 Å². The van der Waals surface area contributed by atoms with Gasteiger partial charge in [0.05, 0.1) is 0 Å². The molecule has 1 nitrogen and oxygen atoms in total. The summed E-state index contributed by atoms with van der Waals surface area (Å²) < 4.78 is 5.57. The Hall–Kier alpha value is -0.480. The van der Waals surface area contributed by atoms with E-state index in [1.54, 1.807) is 0 Å². The lowest BCUT2D eigenvalue weighted by atomic mass is 9.81. The molecule has 2 atom stereocenters. The van der Waals surface area contributed by atoms with E-state index in [-0.39, 0.29) is 11.2 Å². The van der Waals surface area contributed by atoms with Crippen LogP contribution in [0.25, 0.3) is 0 Å². The van der Waals surface area contributed by atoms with Crippen LogP contribution >= 0.6 is 0 Å². The van der Waals surface area contributed by atoms with E-state index in [2.05, 4.69) is 12.8 Å². The molecule has 0 bridgehead atoms. The molecular formula is C9H12O. The highest BCUT2D eigenvalue weighted by Gasteiger charge is 2.66. The van der Waals surface area contributed by atoms with E-state index < -0.39 is 0 Å². The van der Waals surface area contributed by atoms with E-state index in [0.717, 1.165) is 12.8 Å². The molecular weight excluding hydrogens is 124 g/mol. The summed E-state index contributed by atoms with van der Waals surface area (Å²) >= 11 is 0. The molecule has 1 saturated heterocycles. The number of epoxide rings is 1. The zero-order chi connectivity index (χ0) is 7.24. The Morgan fingerprint density at radius 3 is 2.60 bits per heavy atom. The molecule has 1 heterocycles. The van der Waals surface area contributed by atoms with Crippen molar-refractivity contribution in [3.63, 3.8) is 0 Å². The lowest BCUT2D eigenvalue weighted by molar-refractivity contribution is 0.293. The van der Waals surface area contributed by atoms with E-state index in [9.17, 15) is 0 Å². The van der Waals surface area contributed by atoms with Crippen LogP contribution in [0.15, 0.2) is 0 Å². The Morgan fingerprint density at radius 1 is 1.40 bits per heavy atom. The Bertz CT molecular complexity index is 199. The molecule has 2 unspecified atom stereocenters. The van der Waals surface area contributed by atoms with Crippen LogP contribution in [0.5, 0.6) is 0 Å². The molecule has 1 aliphatic heterocycles. The van der Waals surface area contributed by atoms with Gasteiger partial charge in [-0.15, -0.1) is 6.42 Å². The lowest BCUT2D eigenvalue weighted by Gasteiger charge is -2.16. The van der Waals surface area contributed by atoms with Gasteiger partial charge in [-0.25, -0.2) is 0 Å². The fourth-order valence-electron chi connectivity index (χ4n) is 2.02. The van der Waals surface area contributed by atoms with Crippen molar-refractivity contribution in [2.75, 3.05) is 0 Å². The predicted molar refractivity (Wildman–Crippen MR) is 39.5 cm³/mol. The number of hydrogen-bond donors (Lipinski definition) is 0. The minimum Gasteiger partial charge on any atom is -0.349 e. The van der Waals surface area contributed by atoms with Crippen molar-refractivity contribution in [3.8, 4) is 12.3 Å². The topological polar surface area (TPSA) is 12.5 Å². The third-order valence-electron chi connectivity index (χ3n) is 2.88. The molecule has 0 radical (unpaired) electrons. The van der Waals surface area contributed by atoms with Gasteiger partial charge in [0.25, 0.3) is 0 Å². The molecule has 10 heavy (non-hydrogen) atoms. The van der Waals surface area contributed by atoms with Crippen LogP contribution < -0.4 is 0 Å². The molecule has 2 fully saturated rings. The molecule has 0 aromatic heterocycles. The van der Waals surface area contributed by atoms with E-state index in [1.807, 2.05) is 0 Å². The highest BCUT2D eigenvalue weighted by Crippen LogP contribution is 2.56. The van der Waals surface area contributed by atoms with Gasteiger partial charge in [0, 0.05) is 0 Å². The molecule has 1 saturated carbocycles. The third kappa shape index (κ3) is 0.532. The third-order valence-corrected chi connectivity index (χ3v) is 2.88. The van der Waals surface area contributed by atoms with Crippen LogP contribution in [0, 0.1) is 12.3 Å². The van der Waals surface area contributed by atoms with Crippen molar-refractivity contribution in [1.29, 1.82) is 0 Å². The largest absolute Gasteiger partial charge is 0.349 e. The Kier molecular flexibility index (Phi) is 0.980. The average molecular weight is 136 g/mol. The van der Waals surface area contributed by atoms with Crippen molar-refractivity contribution in [3.05, 3.63) is 0 Å². The van der Waals surface area contributed by atoms with Crippen LogP contribution in [0.4, 0.5) is 0 Å². The van der Waals surface area contributed by atoms with Gasteiger partial charge >= 0.3 is 0 Å². The molecule has 0 spiro atoms. The summed E-state index contributed by atoms with van der Waals surface area (Å²) in [5.41, 5.74) is -0.0920. The molecule has 54 valence electrons. The predicted octanol–water partition coefficient (Wildman–Crippen LogP) is 1.72. The van der Waals surface area contributed by atoms with Crippen LogP contribution in [-0.2, 0) is 4.74 Å². The monoisotopic (exact) mass is 136 g/mol. The maximum atomic E-state index is 5.57. The first-order valence-electron chi connectivity index (χ1n) is 3.90. The van der Waals surface area contributed by atoms with E-state index in [0.29, 0.717) is 0 Å². The van der Waals surface area contributed by atoms with Crippen LogP contribution in [0.3, 0.4) is 0 Å². The summed E-state index contributed by atoms with van der Waals surface area (Å²) in [5, 5.41) is 0. The molecule has 1 heteroatoms. The van der Waals surface area contributed by atoms with Gasteiger partial charge in [-0.1, -0.05) is 12.3 Å². The van der Waals surface area contributed by atoms with Crippen molar-refractivity contribution < 1.29 is 4.74 Å². The fraction of sp³-hybridized carbons (Fsp3) is 0.778. The summed E-state index contributed by atoms with van der Waals surface area (Å²) in [6, 6.07) is 0. The maximum absolute atomic E-state index is 5.57. The normalized spacial score (nSPS) is 51.2. The zero-order valence-electron chi connectivity index (χ0n) is 6.31. The number of hydrogen-bond acceptors (Lipinski definition) is 1. The molecule has 2 rings (SSSR count). The smallest absolute Gasteiger partial charge is 0.157 e. The summed E-state index contributed by atoms with van der Waals surface area (Å²) in [7, 11) is 0. The summed E-state index contributed by atoms with van der Waals surface area (Å²) in [5.74, 6) is 2.77. The van der Waals surface area contributed by atoms with E-state index in [4.69, 9.17) is 11.2 Å². The lowest BCUT2D eigenvalue weighted by Crippen LogP contribution is -2.25. The molecule has 0 N–H and O–H groups in total. The number of ether oxygens (including phenoxy) is 1. The van der Waals surface area contributed by atoms with Crippen LogP contribution in [-0.4, -0.2) is 11.2 Å². The highest BCUT2D eigenvalue weighted by atomic mass is 16.6. The number of fused-ring (bicyclic) bond motifs is 1. The van der Waals surface area contributed by atoms with Gasteiger partial charge in [-0.05, 0) is 26.2 Å². The molecule has 2 aliphatic rings. The van der Waals surface area contributed by atoms with Gasteiger partial charge in [0.15, 0.2) is 5.60 Å². The van der Waals surface area contributed by atoms with Gasteiger partial charge in [0.2, 0.25) is 0 Å². The highest BCUT2D eigenvalue weighted by molar-refractivity contribution is 5.29. The second-order valence-electron chi connectivity index (χ2n) is 3.51. The van der Waals surface area contributed by atoms with Gasteiger partial charge in [-0.3, -0.25) is 0 Å². The van der Waals surface area contributed by atoms with Crippen molar-refractivity contribution in [2.45, 2.75) is 43.8 Å². The molecule has 0 amide bonds. The molecule has 1 aliphatic carbocycles. The van der Waals surface area contributed by atoms with Gasteiger partial charge < -0.3 is 4.74 Å². The second-order valence-corrected chi connectivity index (χ2v) is 3.51.